The molecule has 4 unspecified atom stereocenters. The van der Waals surface area contributed by atoms with Crippen molar-refractivity contribution in [2.45, 2.75) is 56.0 Å². The normalized spacial score (nSPS) is 35.6. The fourth-order valence-corrected chi connectivity index (χ4v) is 6.34. The lowest BCUT2D eigenvalue weighted by Crippen LogP contribution is -2.62. The van der Waals surface area contributed by atoms with Crippen LogP contribution in [0.25, 0.3) is 0 Å². The molecule has 0 heterocycles. The fraction of sp³-hybridized carbons (Fsp3) is 1.00. The van der Waals surface area contributed by atoms with Crippen molar-refractivity contribution in [2.75, 3.05) is 6.16 Å². The Labute approximate surface area is 114 Å². The van der Waals surface area contributed by atoms with Gasteiger partial charge in [0, 0.05) is 17.8 Å². The molecule has 108 valence electrons. The Kier molecular flexibility index (Phi) is 5.14. The number of rotatable bonds is 6. The van der Waals surface area contributed by atoms with Crippen molar-refractivity contribution in [2.24, 2.45) is 0 Å². The van der Waals surface area contributed by atoms with E-state index in [1.807, 2.05) is 13.8 Å². The van der Waals surface area contributed by atoms with Crippen molar-refractivity contribution in [3.8, 4) is 0 Å². The van der Waals surface area contributed by atoms with Crippen LogP contribution in [-0.2, 0) is 9.09 Å². The van der Waals surface area contributed by atoms with Gasteiger partial charge < -0.3 is 4.52 Å². The number of hydrogen-bond donors (Lipinski definition) is 0. The third kappa shape index (κ3) is 3.20. The second kappa shape index (κ2) is 5.55. The van der Waals surface area contributed by atoms with Crippen LogP contribution in [-0.4, -0.2) is 28.6 Å². The zero-order valence-corrected chi connectivity index (χ0v) is 12.9. The van der Waals surface area contributed by atoms with E-state index in [-0.39, 0.29) is 11.4 Å². The summed E-state index contributed by atoms with van der Waals surface area (Å²) in [6.45, 7) is 2.22. The Hall–Kier alpha value is 0.620. The van der Waals surface area contributed by atoms with E-state index in [4.69, 9.17) is 16.1 Å². The minimum Gasteiger partial charge on any atom is -0.312 e. The SMILES string of the molecule is CCC(C)SP(=O)(CC)OC1CC(F)(F)C1(F)Cl. The Balaban J connectivity index is 2.69. The number of halogens is 4. The van der Waals surface area contributed by atoms with Crippen LogP contribution in [0.5, 0.6) is 0 Å². The molecule has 1 aliphatic rings. The molecule has 4 atom stereocenters. The van der Waals surface area contributed by atoms with Gasteiger partial charge in [0.1, 0.15) is 6.10 Å². The van der Waals surface area contributed by atoms with Gasteiger partial charge in [-0.2, -0.15) is 0 Å². The molecule has 0 amide bonds. The summed E-state index contributed by atoms with van der Waals surface area (Å²) in [5.41, 5.74) is 0. The largest absolute Gasteiger partial charge is 0.312 e. The fourth-order valence-electron chi connectivity index (χ4n) is 1.42. The van der Waals surface area contributed by atoms with Crippen molar-refractivity contribution in [3.63, 3.8) is 0 Å². The molecule has 1 saturated carbocycles. The van der Waals surface area contributed by atoms with E-state index in [0.717, 1.165) is 17.8 Å². The molecule has 8 heteroatoms. The second-order valence-corrected chi connectivity index (χ2v) is 10.3. The summed E-state index contributed by atoms with van der Waals surface area (Å²) in [6, 6.07) is 0. The maximum atomic E-state index is 13.5. The van der Waals surface area contributed by atoms with Crippen LogP contribution >= 0.6 is 29.6 Å². The molecule has 0 aromatic rings. The van der Waals surface area contributed by atoms with Crippen LogP contribution in [0.15, 0.2) is 0 Å². The highest BCUT2D eigenvalue weighted by molar-refractivity contribution is 8.56. The molecule has 0 aromatic carbocycles. The van der Waals surface area contributed by atoms with Gasteiger partial charge in [-0.3, -0.25) is 4.57 Å². The lowest BCUT2D eigenvalue weighted by Gasteiger charge is -2.45. The molecule has 0 bridgehead atoms. The lowest BCUT2D eigenvalue weighted by molar-refractivity contribution is -0.223. The Bertz CT molecular complexity index is 354. The van der Waals surface area contributed by atoms with Gasteiger partial charge in [0.05, 0.1) is 0 Å². The van der Waals surface area contributed by atoms with Gasteiger partial charge in [-0.05, 0) is 6.42 Å². The minimum atomic E-state index is -3.61. The summed E-state index contributed by atoms with van der Waals surface area (Å²) in [5, 5.41) is -3.19. The van der Waals surface area contributed by atoms with Crippen molar-refractivity contribution in [3.05, 3.63) is 0 Å². The summed E-state index contributed by atoms with van der Waals surface area (Å²) < 4.78 is 56.7. The van der Waals surface area contributed by atoms with Gasteiger partial charge >= 0.3 is 5.92 Å². The average Bonchev–Trinajstić information content (AvgIpc) is 2.27. The summed E-state index contributed by atoms with van der Waals surface area (Å²) in [4.78, 5) is 0. The molecular weight excluding hydrogens is 308 g/mol. The average molecular weight is 325 g/mol. The van der Waals surface area contributed by atoms with Gasteiger partial charge in [-0.1, -0.05) is 43.8 Å². The van der Waals surface area contributed by atoms with E-state index in [2.05, 4.69) is 0 Å². The molecule has 0 spiro atoms. The lowest BCUT2D eigenvalue weighted by atomic mass is 9.88. The van der Waals surface area contributed by atoms with E-state index in [1.54, 1.807) is 6.92 Å². The number of alkyl halides is 4. The highest BCUT2D eigenvalue weighted by Gasteiger charge is 2.71. The third-order valence-electron chi connectivity index (χ3n) is 2.92. The summed E-state index contributed by atoms with van der Waals surface area (Å²) in [5.74, 6) is -3.61. The van der Waals surface area contributed by atoms with E-state index < -0.39 is 30.1 Å². The maximum absolute atomic E-state index is 13.5. The van der Waals surface area contributed by atoms with Crippen LogP contribution < -0.4 is 0 Å². The summed E-state index contributed by atoms with van der Waals surface area (Å²) in [7, 11) is 0. The third-order valence-corrected chi connectivity index (χ3v) is 8.89. The standard InChI is InChI=1S/C10H17ClF3O2PS/c1-4-7(3)18-17(15,5-2)16-8-6-9(12,13)10(8,11)14/h7-8H,4-6H2,1-3H3. The first-order valence-corrected chi connectivity index (χ1v) is 9.46. The first-order valence-electron chi connectivity index (χ1n) is 5.79. The second-order valence-electron chi connectivity index (χ2n) is 4.38. The monoisotopic (exact) mass is 324 g/mol. The minimum absolute atomic E-state index is 0.0562. The van der Waals surface area contributed by atoms with Crippen molar-refractivity contribution in [1.82, 2.24) is 0 Å². The van der Waals surface area contributed by atoms with E-state index in [9.17, 15) is 17.7 Å². The van der Waals surface area contributed by atoms with Gasteiger partial charge in [-0.25, -0.2) is 13.2 Å². The molecule has 0 N–H and O–H groups in total. The highest BCUT2D eigenvalue weighted by Crippen LogP contribution is 2.67. The molecule has 2 nitrogen and oxygen atoms in total. The molecule has 1 rings (SSSR count). The summed E-state index contributed by atoms with van der Waals surface area (Å²) >= 11 is 6.21. The van der Waals surface area contributed by atoms with Gasteiger partial charge in [0.25, 0.3) is 11.7 Å². The van der Waals surface area contributed by atoms with E-state index in [1.165, 1.54) is 0 Å². The molecule has 18 heavy (non-hydrogen) atoms. The smallest absolute Gasteiger partial charge is 0.300 e. The quantitative estimate of drug-likeness (QED) is 0.504. The van der Waals surface area contributed by atoms with E-state index in [0.29, 0.717) is 0 Å². The zero-order chi connectivity index (χ0) is 14.2. The summed E-state index contributed by atoms with van der Waals surface area (Å²) in [6.07, 6.45) is -1.40. The Morgan fingerprint density at radius 3 is 2.39 bits per heavy atom. The molecular formula is C10H17ClF3O2PS. The maximum Gasteiger partial charge on any atom is 0.300 e. The zero-order valence-electron chi connectivity index (χ0n) is 10.5. The molecule has 1 fully saturated rings. The predicted octanol–water partition coefficient (Wildman–Crippen LogP) is 5.06. The predicted molar refractivity (Wildman–Crippen MR) is 69.6 cm³/mol. The topological polar surface area (TPSA) is 26.3 Å². The van der Waals surface area contributed by atoms with Gasteiger partial charge in [-0.15, -0.1) is 0 Å². The van der Waals surface area contributed by atoms with Crippen LogP contribution in [0.2, 0.25) is 0 Å². The highest BCUT2D eigenvalue weighted by atomic mass is 35.5. The van der Waals surface area contributed by atoms with Crippen LogP contribution in [0.4, 0.5) is 13.2 Å². The molecule has 0 aliphatic heterocycles. The first kappa shape index (κ1) is 16.7. The van der Waals surface area contributed by atoms with Crippen LogP contribution in [0.1, 0.15) is 33.6 Å². The molecule has 0 aromatic heterocycles. The van der Waals surface area contributed by atoms with Crippen molar-refractivity contribution < 1.29 is 22.3 Å². The van der Waals surface area contributed by atoms with Gasteiger partial charge in [0.2, 0.25) is 0 Å². The molecule has 0 radical (unpaired) electrons. The molecule has 0 saturated heterocycles. The van der Waals surface area contributed by atoms with Crippen LogP contribution in [0.3, 0.4) is 0 Å². The molecule has 1 aliphatic carbocycles. The van der Waals surface area contributed by atoms with Crippen molar-refractivity contribution >= 4 is 29.6 Å². The van der Waals surface area contributed by atoms with Crippen LogP contribution in [0, 0.1) is 0 Å². The Morgan fingerprint density at radius 2 is 2.06 bits per heavy atom. The Morgan fingerprint density at radius 1 is 1.50 bits per heavy atom. The number of hydrogen-bond acceptors (Lipinski definition) is 3. The first-order chi connectivity index (χ1) is 8.08. The van der Waals surface area contributed by atoms with Crippen molar-refractivity contribution in [1.29, 1.82) is 0 Å². The van der Waals surface area contributed by atoms with E-state index >= 15 is 0 Å². The van der Waals surface area contributed by atoms with Gasteiger partial charge in [0.15, 0.2) is 0 Å².